The van der Waals surface area contributed by atoms with Crippen LogP contribution in [0.4, 0.5) is 4.79 Å². The smallest absolute Gasteiger partial charge is 0.407 e. The van der Waals surface area contributed by atoms with Gasteiger partial charge in [0.1, 0.15) is 0 Å². The third kappa shape index (κ3) is 5.55. The molecule has 0 bridgehead atoms. The minimum Gasteiger partial charge on any atom is -0.465 e. The molecule has 0 radical (unpaired) electrons. The number of hydrogen-bond acceptors (Lipinski definition) is 5. The van der Waals surface area contributed by atoms with Crippen molar-refractivity contribution in [2.75, 3.05) is 26.2 Å². The third-order valence-electron chi connectivity index (χ3n) is 8.21. The number of rotatable bonds is 7. The lowest BCUT2D eigenvalue weighted by atomic mass is 9.78. The fourth-order valence-corrected chi connectivity index (χ4v) is 6.22. The first-order valence-corrected chi connectivity index (χ1v) is 13.7. The van der Waals surface area contributed by atoms with Crippen LogP contribution in [0.15, 0.2) is 67.0 Å². The number of aromatic nitrogens is 2. The maximum atomic E-state index is 14.2. The van der Waals surface area contributed by atoms with Crippen molar-refractivity contribution in [3.8, 4) is 11.3 Å². The SMILES string of the molecule is O=C(O)N1CCN(C(=O)c2ncn([C@H]3CCCCC3(O)CCO)c2-c2ccccc2)[C@H](Cc2ccccc2)C1. The molecule has 2 fully saturated rings. The zero-order valence-electron chi connectivity index (χ0n) is 22.0. The van der Waals surface area contributed by atoms with Crippen molar-refractivity contribution in [3.63, 3.8) is 0 Å². The van der Waals surface area contributed by atoms with Crippen molar-refractivity contribution in [1.82, 2.24) is 19.4 Å². The molecular formula is C30H36N4O5. The van der Waals surface area contributed by atoms with Crippen molar-refractivity contribution in [2.45, 2.75) is 56.2 Å². The Balaban J connectivity index is 1.54. The van der Waals surface area contributed by atoms with Gasteiger partial charge in [-0.1, -0.05) is 73.5 Å². The first-order chi connectivity index (χ1) is 18.9. The van der Waals surface area contributed by atoms with Gasteiger partial charge in [-0.15, -0.1) is 0 Å². The second-order valence-corrected chi connectivity index (χ2v) is 10.6. The number of amides is 2. The molecule has 39 heavy (non-hydrogen) atoms. The van der Waals surface area contributed by atoms with Crippen molar-refractivity contribution in [3.05, 3.63) is 78.2 Å². The summed E-state index contributed by atoms with van der Waals surface area (Å²) in [5.74, 6) is -0.250. The summed E-state index contributed by atoms with van der Waals surface area (Å²) in [6.45, 7) is 0.591. The molecular weight excluding hydrogens is 496 g/mol. The van der Waals surface area contributed by atoms with Gasteiger partial charge in [0.05, 0.1) is 29.7 Å². The fourth-order valence-electron chi connectivity index (χ4n) is 6.22. The number of carbonyl (C=O) groups is 2. The lowest BCUT2D eigenvalue weighted by molar-refractivity contribution is -0.0570. The summed E-state index contributed by atoms with van der Waals surface area (Å²) in [5, 5.41) is 31.0. The molecule has 9 heteroatoms. The van der Waals surface area contributed by atoms with Gasteiger partial charge >= 0.3 is 6.09 Å². The number of piperazine rings is 1. The molecule has 2 aromatic carbocycles. The van der Waals surface area contributed by atoms with Crippen LogP contribution >= 0.6 is 0 Å². The summed E-state index contributed by atoms with van der Waals surface area (Å²) in [6, 6.07) is 18.7. The van der Waals surface area contributed by atoms with Crippen LogP contribution in [0.2, 0.25) is 0 Å². The Labute approximate surface area is 228 Å². The average molecular weight is 533 g/mol. The van der Waals surface area contributed by atoms with Gasteiger partial charge in [-0.25, -0.2) is 9.78 Å². The van der Waals surface area contributed by atoms with E-state index < -0.39 is 11.7 Å². The van der Waals surface area contributed by atoms with E-state index in [1.54, 1.807) is 11.2 Å². The van der Waals surface area contributed by atoms with E-state index in [1.807, 2.05) is 65.2 Å². The molecule has 0 spiro atoms. The molecule has 1 aliphatic carbocycles. The Morgan fingerprint density at radius 2 is 1.72 bits per heavy atom. The Bertz CT molecular complexity index is 1280. The molecule has 2 heterocycles. The number of nitrogens with zero attached hydrogens (tertiary/aromatic N) is 4. The van der Waals surface area contributed by atoms with Crippen LogP contribution in [0.5, 0.6) is 0 Å². The largest absolute Gasteiger partial charge is 0.465 e. The zero-order chi connectivity index (χ0) is 27.4. The van der Waals surface area contributed by atoms with Gasteiger partial charge in [0.15, 0.2) is 5.69 Å². The molecule has 1 aromatic heterocycles. The second-order valence-electron chi connectivity index (χ2n) is 10.6. The molecule has 3 atom stereocenters. The Hall–Kier alpha value is -3.69. The number of imidazole rings is 1. The van der Waals surface area contributed by atoms with Crippen LogP contribution < -0.4 is 0 Å². The normalized spacial score (nSPS) is 23.5. The van der Waals surface area contributed by atoms with Crippen molar-refractivity contribution in [2.24, 2.45) is 0 Å². The molecule has 1 saturated carbocycles. The number of carbonyl (C=O) groups excluding carboxylic acids is 1. The van der Waals surface area contributed by atoms with E-state index in [-0.39, 0.29) is 50.7 Å². The highest BCUT2D eigenvalue weighted by atomic mass is 16.4. The lowest BCUT2D eigenvalue weighted by Crippen LogP contribution is -2.57. The predicted molar refractivity (Wildman–Crippen MR) is 146 cm³/mol. The first kappa shape index (κ1) is 26.9. The van der Waals surface area contributed by atoms with Crippen LogP contribution in [0.1, 0.15) is 54.2 Å². The number of aliphatic hydroxyl groups is 2. The van der Waals surface area contributed by atoms with Crippen LogP contribution in [-0.4, -0.2) is 84.6 Å². The number of hydrogen-bond donors (Lipinski definition) is 3. The Morgan fingerprint density at radius 1 is 1.00 bits per heavy atom. The van der Waals surface area contributed by atoms with Gasteiger partial charge in [0, 0.05) is 38.2 Å². The molecule has 9 nitrogen and oxygen atoms in total. The number of benzene rings is 2. The van der Waals surface area contributed by atoms with Gasteiger partial charge in [-0.05, 0) is 24.8 Å². The van der Waals surface area contributed by atoms with E-state index in [1.165, 1.54) is 4.90 Å². The lowest BCUT2D eigenvalue weighted by Gasteiger charge is -2.41. The van der Waals surface area contributed by atoms with Crippen molar-refractivity contribution >= 4 is 12.0 Å². The molecule has 3 aromatic rings. The molecule has 1 unspecified atom stereocenters. The predicted octanol–water partition coefficient (Wildman–Crippen LogP) is 3.83. The topological polar surface area (TPSA) is 119 Å². The zero-order valence-corrected chi connectivity index (χ0v) is 22.0. The van der Waals surface area contributed by atoms with Crippen LogP contribution in [0, 0.1) is 0 Å². The van der Waals surface area contributed by atoms with E-state index in [2.05, 4.69) is 4.98 Å². The highest BCUT2D eigenvalue weighted by Gasteiger charge is 2.42. The average Bonchev–Trinajstić information content (AvgIpc) is 3.38. The molecule has 1 aliphatic heterocycles. The molecule has 206 valence electrons. The van der Waals surface area contributed by atoms with E-state index >= 15 is 0 Å². The molecule has 1 saturated heterocycles. The minimum absolute atomic E-state index is 0.122. The summed E-state index contributed by atoms with van der Waals surface area (Å²) >= 11 is 0. The summed E-state index contributed by atoms with van der Waals surface area (Å²) in [6.07, 6.45) is 4.54. The highest BCUT2D eigenvalue weighted by molar-refractivity contribution is 5.98. The standard InChI is InChI=1S/C30H36N4O5/c35-18-15-30(39)14-8-7-13-25(30)34-21-31-26(27(34)23-11-5-2-6-12-23)28(36)33-17-16-32(29(37)38)20-24(33)19-22-9-3-1-4-10-22/h1-6,9-12,21,24-25,35,39H,7-8,13-20H2,(H,37,38)/t24-,25+,30?/m1/s1. The highest BCUT2D eigenvalue weighted by Crippen LogP contribution is 2.42. The van der Waals surface area contributed by atoms with Gasteiger partial charge in [-0.2, -0.15) is 0 Å². The third-order valence-corrected chi connectivity index (χ3v) is 8.21. The summed E-state index contributed by atoms with van der Waals surface area (Å²) in [7, 11) is 0. The minimum atomic E-state index is -1.10. The Morgan fingerprint density at radius 3 is 2.41 bits per heavy atom. The van der Waals surface area contributed by atoms with Gasteiger partial charge < -0.3 is 29.7 Å². The summed E-state index contributed by atoms with van der Waals surface area (Å²) in [5.41, 5.74) is 1.68. The van der Waals surface area contributed by atoms with Crippen LogP contribution in [0.25, 0.3) is 11.3 Å². The van der Waals surface area contributed by atoms with E-state index in [4.69, 9.17) is 0 Å². The first-order valence-electron chi connectivity index (χ1n) is 13.7. The van der Waals surface area contributed by atoms with E-state index in [0.29, 0.717) is 30.7 Å². The van der Waals surface area contributed by atoms with E-state index in [9.17, 15) is 24.9 Å². The molecule has 2 aliphatic rings. The summed E-state index contributed by atoms with van der Waals surface area (Å²) in [4.78, 5) is 33.8. The van der Waals surface area contributed by atoms with E-state index in [0.717, 1.165) is 24.0 Å². The number of carboxylic acid groups (broad SMARTS) is 1. The van der Waals surface area contributed by atoms with Gasteiger partial charge in [0.25, 0.3) is 5.91 Å². The summed E-state index contributed by atoms with van der Waals surface area (Å²) < 4.78 is 1.93. The quantitative estimate of drug-likeness (QED) is 0.426. The fraction of sp³-hybridized carbons (Fsp3) is 0.433. The monoisotopic (exact) mass is 532 g/mol. The van der Waals surface area contributed by atoms with Crippen molar-refractivity contribution in [1.29, 1.82) is 0 Å². The van der Waals surface area contributed by atoms with Crippen molar-refractivity contribution < 1.29 is 24.9 Å². The molecule has 2 amide bonds. The number of aliphatic hydroxyl groups excluding tert-OH is 1. The van der Waals surface area contributed by atoms with Gasteiger partial charge in [0.2, 0.25) is 0 Å². The maximum absolute atomic E-state index is 14.2. The second kappa shape index (κ2) is 11.6. The van der Waals surface area contributed by atoms with Crippen LogP contribution in [0.3, 0.4) is 0 Å². The molecule has 3 N–H and O–H groups in total. The van der Waals surface area contributed by atoms with Crippen LogP contribution in [-0.2, 0) is 6.42 Å². The molecule has 5 rings (SSSR count). The maximum Gasteiger partial charge on any atom is 0.407 e. The Kier molecular flexibility index (Phi) is 7.99. The van der Waals surface area contributed by atoms with Gasteiger partial charge in [-0.3, -0.25) is 4.79 Å².